The Hall–Kier alpha value is -2.75. The minimum atomic E-state index is -3.47. The van der Waals surface area contributed by atoms with Crippen molar-refractivity contribution in [2.45, 2.75) is 16.6 Å². The zero-order valence-corrected chi connectivity index (χ0v) is 19.5. The van der Waals surface area contributed by atoms with Crippen LogP contribution in [0.25, 0.3) is 11.4 Å². The van der Waals surface area contributed by atoms with E-state index in [0.29, 0.717) is 34.1 Å². The van der Waals surface area contributed by atoms with E-state index in [1.807, 2.05) is 28.8 Å². The van der Waals surface area contributed by atoms with Crippen LogP contribution >= 0.6 is 23.4 Å². The molecule has 32 heavy (non-hydrogen) atoms. The Morgan fingerprint density at radius 1 is 1.09 bits per heavy atom. The van der Waals surface area contributed by atoms with Crippen molar-refractivity contribution in [2.75, 3.05) is 18.6 Å². The molecular formula is C22H20ClN3O4S2. The fourth-order valence-corrected chi connectivity index (χ4v) is 5.81. The third-order valence-corrected chi connectivity index (χ3v) is 7.89. The Labute approximate surface area is 195 Å². The average Bonchev–Trinajstić information content (AvgIpc) is 3.45. The van der Waals surface area contributed by atoms with Crippen molar-refractivity contribution in [3.05, 3.63) is 77.7 Å². The maximum Gasteiger partial charge on any atom is 0.191 e. The predicted molar refractivity (Wildman–Crippen MR) is 124 cm³/mol. The van der Waals surface area contributed by atoms with Crippen molar-refractivity contribution in [1.82, 2.24) is 14.8 Å². The number of aromatic nitrogens is 3. The van der Waals surface area contributed by atoms with Crippen LogP contribution in [0.5, 0.6) is 5.75 Å². The molecule has 7 nitrogen and oxygen atoms in total. The summed E-state index contributed by atoms with van der Waals surface area (Å²) >= 11 is 7.34. The van der Waals surface area contributed by atoms with E-state index in [1.54, 1.807) is 36.6 Å². The van der Waals surface area contributed by atoms with Crippen LogP contribution in [0, 0.1) is 0 Å². The van der Waals surface area contributed by atoms with E-state index in [0.717, 1.165) is 11.3 Å². The number of benzene rings is 2. The average molecular weight is 490 g/mol. The first-order chi connectivity index (χ1) is 15.5. The lowest BCUT2D eigenvalue weighted by Gasteiger charge is -2.09. The number of sulfone groups is 1. The van der Waals surface area contributed by atoms with Gasteiger partial charge >= 0.3 is 0 Å². The summed E-state index contributed by atoms with van der Waals surface area (Å²) in [5.74, 6) is 2.16. The molecule has 0 aliphatic heterocycles. The number of halogens is 1. The largest absolute Gasteiger partial charge is 0.497 e. The second-order valence-electron chi connectivity index (χ2n) is 6.82. The molecule has 0 atom stereocenters. The molecule has 0 fully saturated rings. The first-order valence-electron chi connectivity index (χ1n) is 9.67. The Morgan fingerprint density at radius 3 is 2.62 bits per heavy atom. The van der Waals surface area contributed by atoms with Gasteiger partial charge < -0.3 is 9.15 Å². The molecule has 2 heterocycles. The number of methoxy groups -OCH3 is 1. The Bertz CT molecular complexity index is 1290. The van der Waals surface area contributed by atoms with Gasteiger partial charge in [-0.15, -0.1) is 10.2 Å². The van der Waals surface area contributed by atoms with Gasteiger partial charge in [0, 0.05) is 16.3 Å². The fraction of sp³-hybridized carbons (Fsp3) is 0.182. The number of furan rings is 1. The molecule has 0 aliphatic rings. The van der Waals surface area contributed by atoms with Crippen LogP contribution in [-0.2, 0) is 16.4 Å². The molecule has 2 aromatic heterocycles. The molecule has 0 radical (unpaired) electrons. The highest BCUT2D eigenvalue weighted by Crippen LogP contribution is 2.27. The summed E-state index contributed by atoms with van der Waals surface area (Å²) in [4.78, 5) is 0.233. The molecule has 0 bridgehead atoms. The highest BCUT2D eigenvalue weighted by atomic mass is 35.5. The van der Waals surface area contributed by atoms with E-state index >= 15 is 0 Å². The van der Waals surface area contributed by atoms with Crippen molar-refractivity contribution in [3.63, 3.8) is 0 Å². The van der Waals surface area contributed by atoms with Gasteiger partial charge in [-0.3, -0.25) is 4.57 Å². The van der Waals surface area contributed by atoms with Crippen LogP contribution in [0.4, 0.5) is 0 Å². The second-order valence-corrected chi connectivity index (χ2v) is 10.4. The third-order valence-electron chi connectivity index (χ3n) is 4.70. The van der Waals surface area contributed by atoms with E-state index in [9.17, 15) is 8.42 Å². The van der Waals surface area contributed by atoms with Gasteiger partial charge in [0.05, 0.1) is 30.6 Å². The van der Waals surface area contributed by atoms with Gasteiger partial charge in [-0.2, -0.15) is 0 Å². The summed E-state index contributed by atoms with van der Waals surface area (Å²) in [6, 6.07) is 17.5. The molecule has 0 unspecified atom stereocenters. The topological polar surface area (TPSA) is 87.2 Å². The van der Waals surface area contributed by atoms with Crippen LogP contribution in [-0.4, -0.2) is 41.8 Å². The smallest absolute Gasteiger partial charge is 0.191 e. The highest BCUT2D eigenvalue weighted by Gasteiger charge is 2.19. The lowest BCUT2D eigenvalue weighted by molar-refractivity contribution is 0.413. The monoisotopic (exact) mass is 489 g/mol. The molecule has 4 rings (SSSR count). The normalized spacial score (nSPS) is 11.6. The molecular weight excluding hydrogens is 470 g/mol. The Morgan fingerprint density at radius 2 is 1.91 bits per heavy atom. The molecule has 2 aromatic carbocycles. The quantitative estimate of drug-likeness (QED) is 0.311. The molecule has 0 aliphatic carbocycles. The molecule has 4 aromatic rings. The molecule has 0 saturated heterocycles. The molecule has 0 amide bonds. The maximum absolute atomic E-state index is 12.8. The van der Waals surface area contributed by atoms with Gasteiger partial charge in [0.2, 0.25) is 0 Å². The molecule has 0 saturated carbocycles. The fourth-order valence-electron chi connectivity index (χ4n) is 3.06. The van der Waals surface area contributed by atoms with Crippen LogP contribution < -0.4 is 4.74 Å². The summed E-state index contributed by atoms with van der Waals surface area (Å²) in [6.07, 6.45) is 1.61. The van der Waals surface area contributed by atoms with Gasteiger partial charge in [-0.1, -0.05) is 29.4 Å². The Kier molecular flexibility index (Phi) is 6.88. The molecule has 166 valence electrons. The van der Waals surface area contributed by atoms with Crippen molar-refractivity contribution >= 4 is 33.2 Å². The minimum absolute atomic E-state index is 0.0469. The summed E-state index contributed by atoms with van der Waals surface area (Å²) in [5.41, 5.74) is 0.851. The maximum atomic E-state index is 12.8. The van der Waals surface area contributed by atoms with Crippen LogP contribution in [0.1, 0.15) is 5.76 Å². The molecule has 0 N–H and O–H groups in total. The first kappa shape index (κ1) is 22.4. The van der Waals surface area contributed by atoms with Crippen LogP contribution in [0.3, 0.4) is 0 Å². The van der Waals surface area contributed by atoms with E-state index in [2.05, 4.69) is 10.2 Å². The van der Waals surface area contributed by atoms with E-state index in [1.165, 1.54) is 24.9 Å². The zero-order valence-electron chi connectivity index (χ0n) is 17.1. The second kappa shape index (κ2) is 9.81. The minimum Gasteiger partial charge on any atom is -0.497 e. The highest BCUT2D eigenvalue weighted by molar-refractivity contribution is 8.00. The first-order valence-corrected chi connectivity index (χ1v) is 12.7. The van der Waals surface area contributed by atoms with E-state index in [-0.39, 0.29) is 10.6 Å². The number of ether oxygens (including phenoxy) is 1. The Balaban J connectivity index is 1.54. The van der Waals surface area contributed by atoms with Crippen molar-refractivity contribution in [2.24, 2.45) is 0 Å². The standard InChI is InChI=1S/C22H20ClN3O4S2/c1-29-18-4-2-6-20(14-18)32(27,28)13-12-31-22-25-24-21(16-7-9-17(23)10-8-16)26(22)15-19-5-3-11-30-19/h2-11,14H,12-13,15H2,1H3. The summed E-state index contributed by atoms with van der Waals surface area (Å²) < 4.78 is 38.0. The van der Waals surface area contributed by atoms with Gasteiger partial charge in [-0.25, -0.2) is 8.42 Å². The van der Waals surface area contributed by atoms with E-state index in [4.69, 9.17) is 20.8 Å². The zero-order chi connectivity index (χ0) is 22.6. The molecule has 0 spiro atoms. The number of nitrogens with zero attached hydrogens (tertiary/aromatic N) is 3. The number of hydrogen-bond acceptors (Lipinski definition) is 7. The van der Waals surface area contributed by atoms with Crippen molar-refractivity contribution in [1.29, 1.82) is 0 Å². The van der Waals surface area contributed by atoms with Crippen LogP contribution in [0.2, 0.25) is 5.02 Å². The number of thioether (sulfide) groups is 1. The SMILES string of the molecule is COc1cccc(S(=O)(=O)CCSc2nnc(-c3ccc(Cl)cc3)n2Cc2ccco2)c1. The predicted octanol–water partition coefficient (Wildman–Crippen LogP) is 4.81. The number of rotatable bonds is 9. The van der Waals surface area contributed by atoms with Gasteiger partial charge in [0.15, 0.2) is 20.8 Å². The lowest BCUT2D eigenvalue weighted by atomic mass is 10.2. The lowest BCUT2D eigenvalue weighted by Crippen LogP contribution is -2.10. The van der Waals surface area contributed by atoms with E-state index < -0.39 is 9.84 Å². The summed E-state index contributed by atoms with van der Waals surface area (Å²) in [7, 11) is -1.96. The van der Waals surface area contributed by atoms with Gasteiger partial charge in [-0.05, 0) is 54.6 Å². The van der Waals surface area contributed by atoms with Crippen molar-refractivity contribution < 1.29 is 17.6 Å². The van der Waals surface area contributed by atoms with Crippen molar-refractivity contribution in [3.8, 4) is 17.1 Å². The van der Waals surface area contributed by atoms with Crippen LogP contribution in [0.15, 0.2) is 81.4 Å². The summed E-state index contributed by atoms with van der Waals surface area (Å²) in [5, 5.41) is 9.87. The van der Waals surface area contributed by atoms with Gasteiger partial charge in [0.25, 0.3) is 0 Å². The molecule has 10 heteroatoms. The van der Waals surface area contributed by atoms with Gasteiger partial charge in [0.1, 0.15) is 11.5 Å². The number of hydrogen-bond donors (Lipinski definition) is 0. The summed E-state index contributed by atoms with van der Waals surface area (Å²) in [6.45, 7) is 0.420. The third kappa shape index (κ3) is 5.17.